The van der Waals surface area contributed by atoms with Crippen molar-refractivity contribution in [1.29, 1.82) is 0 Å². The summed E-state index contributed by atoms with van der Waals surface area (Å²) in [5.41, 5.74) is 0.343. The zero-order valence-electron chi connectivity index (χ0n) is 12.7. The van der Waals surface area contributed by atoms with Gasteiger partial charge in [0.05, 0.1) is 10.6 Å². The molecule has 106 valence electrons. The van der Waals surface area contributed by atoms with Gasteiger partial charge < -0.3 is 0 Å². The first-order chi connectivity index (χ1) is 8.43. The minimum atomic E-state index is -3.23. The van der Waals surface area contributed by atoms with E-state index < -0.39 is 9.84 Å². The number of sulfone groups is 1. The fourth-order valence-electron chi connectivity index (χ4n) is 3.17. The van der Waals surface area contributed by atoms with Gasteiger partial charge in [-0.2, -0.15) is 0 Å². The van der Waals surface area contributed by atoms with Crippen LogP contribution >= 0.6 is 0 Å². The van der Waals surface area contributed by atoms with Crippen molar-refractivity contribution < 1.29 is 8.42 Å². The lowest BCUT2D eigenvalue weighted by Crippen LogP contribution is -2.48. The summed E-state index contributed by atoms with van der Waals surface area (Å²) < 4.78 is 25.4. The van der Waals surface area contributed by atoms with Gasteiger partial charge in [-0.15, -0.1) is 0 Å². The highest BCUT2D eigenvalue weighted by Gasteiger charge is 2.54. The summed E-state index contributed by atoms with van der Waals surface area (Å²) in [5.74, 6) is 0.202. The molecule has 19 heavy (non-hydrogen) atoms. The van der Waals surface area contributed by atoms with E-state index in [2.05, 4.69) is 41.5 Å². The van der Waals surface area contributed by atoms with Crippen LogP contribution in [0.25, 0.3) is 0 Å². The average molecular weight is 280 g/mol. The first-order valence-electron chi connectivity index (χ1n) is 6.76. The summed E-state index contributed by atoms with van der Waals surface area (Å²) in [7, 11) is -3.23. The molecule has 1 aliphatic heterocycles. The second kappa shape index (κ2) is 3.85. The minimum absolute atomic E-state index is 0.125. The molecule has 2 nitrogen and oxygen atoms in total. The molecule has 0 fully saturated rings. The lowest BCUT2D eigenvalue weighted by molar-refractivity contribution is 0.0497. The summed E-state index contributed by atoms with van der Waals surface area (Å²) >= 11 is 0. The Bertz CT molecular complexity index is 607. The average Bonchev–Trinajstić information content (AvgIpc) is 2.29. The topological polar surface area (TPSA) is 34.1 Å². The van der Waals surface area contributed by atoms with Crippen LogP contribution in [0.5, 0.6) is 0 Å². The Morgan fingerprint density at radius 2 is 1.47 bits per heavy atom. The maximum absolute atomic E-state index is 12.7. The van der Waals surface area contributed by atoms with Crippen LogP contribution in [-0.2, 0) is 15.3 Å². The summed E-state index contributed by atoms with van der Waals surface area (Å²) in [5, 5.41) is 0. The van der Waals surface area contributed by atoms with E-state index in [1.54, 1.807) is 6.07 Å². The van der Waals surface area contributed by atoms with Gasteiger partial charge in [0, 0.05) is 0 Å². The predicted octanol–water partition coefficient (Wildman–Crippen LogP) is 3.80. The van der Waals surface area contributed by atoms with Gasteiger partial charge in [-0.25, -0.2) is 8.42 Å². The standard InChI is InChI=1S/C16H24O2S/c1-14(2)11-19(17,18)13-10-8-7-9-12(13)15(3,4)16(14,5)6/h7-10H,11H2,1-6H3. The van der Waals surface area contributed by atoms with Crippen LogP contribution in [0.2, 0.25) is 0 Å². The zero-order chi connectivity index (χ0) is 14.7. The maximum Gasteiger partial charge on any atom is 0.179 e. The van der Waals surface area contributed by atoms with E-state index >= 15 is 0 Å². The van der Waals surface area contributed by atoms with Gasteiger partial charge in [0.25, 0.3) is 0 Å². The molecule has 0 radical (unpaired) electrons. The van der Waals surface area contributed by atoms with Gasteiger partial charge in [0.2, 0.25) is 0 Å². The molecule has 1 heterocycles. The lowest BCUT2D eigenvalue weighted by Gasteiger charge is -2.50. The SMILES string of the molecule is CC1(C)CS(=O)(=O)c2ccccc2C(C)(C)C1(C)C. The van der Waals surface area contributed by atoms with Crippen LogP contribution in [0.3, 0.4) is 0 Å². The summed E-state index contributed by atoms with van der Waals surface area (Å²) in [6.07, 6.45) is 0. The monoisotopic (exact) mass is 280 g/mol. The van der Waals surface area contributed by atoms with Crippen molar-refractivity contribution in [1.82, 2.24) is 0 Å². The first kappa shape index (κ1) is 14.6. The molecule has 0 saturated heterocycles. The second-order valence-electron chi connectivity index (χ2n) is 7.39. The molecule has 0 N–H and O–H groups in total. The van der Waals surface area contributed by atoms with Crippen LogP contribution < -0.4 is 0 Å². The van der Waals surface area contributed by atoms with E-state index in [4.69, 9.17) is 0 Å². The van der Waals surface area contributed by atoms with Crippen molar-refractivity contribution >= 4 is 9.84 Å². The van der Waals surface area contributed by atoms with E-state index in [-0.39, 0.29) is 22.0 Å². The number of hydrogen-bond donors (Lipinski definition) is 0. The van der Waals surface area contributed by atoms with E-state index in [0.29, 0.717) is 4.90 Å². The molecular formula is C16H24O2S. The molecule has 0 bridgehead atoms. The molecule has 1 aliphatic rings. The molecule has 0 amide bonds. The summed E-state index contributed by atoms with van der Waals surface area (Å²) in [4.78, 5) is 0.513. The second-order valence-corrected chi connectivity index (χ2v) is 9.35. The summed E-state index contributed by atoms with van der Waals surface area (Å²) in [6, 6.07) is 7.47. The van der Waals surface area contributed by atoms with Crippen molar-refractivity contribution in [3.05, 3.63) is 29.8 Å². The molecule has 0 aliphatic carbocycles. The third-order valence-corrected chi connectivity index (χ3v) is 7.83. The number of fused-ring (bicyclic) bond motifs is 1. The van der Waals surface area contributed by atoms with E-state index in [0.717, 1.165) is 5.56 Å². The fourth-order valence-corrected chi connectivity index (χ4v) is 5.58. The number of rotatable bonds is 0. The first-order valence-corrected chi connectivity index (χ1v) is 8.41. The maximum atomic E-state index is 12.7. The van der Waals surface area contributed by atoms with Crippen LogP contribution in [-0.4, -0.2) is 14.2 Å². The van der Waals surface area contributed by atoms with Crippen LogP contribution in [0.15, 0.2) is 29.2 Å². The third-order valence-electron chi connectivity index (χ3n) is 5.70. The van der Waals surface area contributed by atoms with Crippen molar-refractivity contribution in [2.75, 3.05) is 5.75 Å². The molecule has 3 heteroatoms. The predicted molar refractivity (Wildman–Crippen MR) is 79.1 cm³/mol. The van der Waals surface area contributed by atoms with Gasteiger partial charge >= 0.3 is 0 Å². The lowest BCUT2D eigenvalue weighted by atomic mass is 9.53. The Kier molecular flexibility index (Phi) is 2.95. The van der Waals surface area contributed by atoms with Crippen molar-refractivity contribution in [3.8, 4) is 0 Å². The van der Waals surface area contributed by atoms with Crippen LogP contribution in [0, 0.1) is 10.8 Å². The van der Waals surface area contributed by atoms with Gasteiger partial charge in [0.1, 0.15) is 0 Å². The Morgan fingerprint density at radius 3 is 2.05 bits per heavy atom. The van der Waals surface area contributed by atoms with E-state index in [1.807, 2.05) is 18.2 Å². The van der Waals surface area contributed by atoms with Gasteiger partial charge in [-0.1, -0.05) is 59.7 Å². The normalized spacial score (nSPS) is 26.2. The van der Waals surface area contributed by atoms with Crippen molar-refractivity contribution in [3.63, 3.8) is 0 Å². The smallest absolute Gasteiger partial charge is 0.179 e. The number of benzene rings is 1. The molecule has 0 aromatic heterocycles. The highest BCUT2D eigenvalue weighted by atomic mass is 32.2. The zero-order valence-corrected chi connectivity index (χ0v) is 13.6. The highest BCUT2D eigenvalue weighted by molar-refractivity contribution is 7.91. The quantitative estimate of drug-likeness (QED) is 0.724. The van der Waals surface area contributed by atoms with Gasteiger partial charge in [0.15, 0.2) is 9.84 Å². The Balaban J connectivity index is 2.89. The molecular weight excluding hydrogens is 256 g/mol. The van der Waals surface area contributed by atoms with Crippen molar-refractivity contribution in [2.45, 2.75) is 51.9 Å². The largest absolute Gasteiger partial charge is 0.224 e. The highest BCUT2D eigenvalue weighted by Crippen LogP contribution is 2.56. The summed E-state index contributed by atoms with van der Waals surface area (Å²) in [6.45, 7) is 12.8. The fraction of sp³-hybridized carbons (Fsp3) is 0.625. The van der Waals surface area contributed by atoms with Crippen molar-refractivity contribution in [2.24, 2.45) is 10.8 Å². The molecule has 0 unspecified atom stereocenters. The molecule has 2 rings (SSSR count). The van der Waals surface area contributed by atoms with Gasteiger partial charge in [-0.3, -0.25) is 0 Å². The molecule has 1 aromatic rings. The van der Waals surface area contributed by atoms with E-state index in [1.165, 1.54) is 0 Å². The molecule has 0 saturated carbocycles. The van der Waals surface area contributed by atoms with Gasteiger partial charge in [-0.05, 0) is 27.9 Å². The van der Waals surface area contributed by atoms with Crippen LogP contribution in [0.4, 0.5) is 0 Å². The Hall–Kier alpha value is -0.830. The minimum Gasteiger partial charge on any atom is -0.224 e. The third kappa shape index (κ3) is 1.85. The molecule has 0 atom stereocenters. The van der Waals surface area contributed by atoms with Crippen LogP contribution in [0.1, 0.15) is 47.1 Å². The van der Waals surface area contributed by atoms with E-state index in [9.17, 15) is 8.42 Å². The molecule has 0 spiro atoms. The number of hydrogen-bond acceptors (Lipinski definition) is 2. The Labute approximate surface area is 117 Å². The Morgan fingerprint density at radius 1 is 0.947 bits per heavy atom. The molecule has 1 aromatic carbocycles.